The van der Waals surface area contributed by atoms with Gasteiger partial charge in [0.2, 0.25) is 0 Å². The Morgan fingerprint density at radius 3 is 2.41 bits per heavy atom. The van der Waals surface area contributed by atoms with Crippen LogP contribution in [0.25, 0.3) is 0 Å². The van der Waals surface area contributed by atoms with Crippen molar-refractivity contribution < 1.29 is 24.0 Å². The molecule has 0 aliphatic heterocycles. The van der Waals surface area contributed by atoms with Gasteiger partial charge in [-0.3, -0.25) is 14.9 Å². The van der Waals surface area contributed by atoms with Gasteiger partial charge in [0.05, 0.1) is 12.0 Å². The Bertz CT molecular complexity index is 1480. The third-order valence-electron chi connectivity index (χ3n) is 9.40. The molecule has 2 fully saturated rings. The number of rotatable bonds is 8. The van der Waals surface area contributed by atoms with Gasteiger partial charge in [-0.05, 0) is 102 Å². The fourth-order valence-electron chi connectivity index (χ4n) is 7.12. The van der Waals surface area contributed by atoms with Crippen LogP contribution in [-0.4, -0.2) is 23.5 Å². The van der Waals surface area contributed by atoms with Crippen LogP contribution >= 0.6 is 0 Å². The number of oxime groups is 1. The van der Waals surface area contributed by atoms with Gasteiger partial charge in [-0.2, -0.15) is 0 Å². The van der Waals surface area contributed by atoms with E-state index in [4.69, 9.17) is 14.3 Å². The van der Waals surface area contributed by atoms with Gasteiger partial charge >= 0.3 is 0 Å². The van der Waals surface area contributed by atoms with E-state index in [1.807, 2.05) is 24.3 Å². The summed E-state index contributed by atoms with van der Waals surface area (Å²) in [7, 11) is 1.66. The Kier molecular flexibility index (Phi) is 7.24. The van der Waals surface area contributed by atoms with E-state index in [9.17, 15) is 14.9 Å². The van der Waals surface area contributed by atoms with E-state index in [2.05, 4.69) is 30.3 Å². The van der Waals surface area contributed by atoms with Crippen LogP contribution in [0.1, 0.15) is 60.8 Å². The van der Waals surface area contributed by atoms with Gasteiger partial charge in [0.15, 0.2) is 5.78 Å². The zero-order valence-electron chi connectivity index (χ0n) is 23.4. The fourth-order valence-corrected chi connectivity index (χ4v) is 7.12. The first-order valence-electron chi connectivity index (χ1n) is 14.2. The summed E-state index contributed by atoms with van der Waals surface area (Å²) in [5.74, 6) is 2.93. The maximum atomic E-state index is 13.5. The molecule has 0 radical (unpaired) electrons. The van der Waals surface area contributed by atoms with Crippen molar-refractivity contribution in [3.8, 4) is 11.5 Å². The van der Waals surface area contributed by atoms with Gasteiger partial charge in [-0.25, -0.2) is 0 Å². The number of carbonyl (C=O) groups excluding carboxylic acids is 1. The molecular weight excluding hydrogens is 520 g/mol. The molecule has 8 heteroatoms. The lowest BCUT2D eigenvalue weighted by molar-refractivity contribution is -0.384. The lowest BCUT2D eigenvalue weighted by Crippen LogP contribution is -2.42. The third-order valence-corrected chi connectivity index (χ3v) is 9.40. The van der Waals surface area contributed by atoms with Crippen molar-refractivity contribution in [3.63, 3.8) is 0 Å². The lowest BCUT2D eigenvalue weighted by Gasteiger charge is -2.47. The number of fused-ring (bicyclic) bond motifs is 5. The molecule has 0 N–H and O–H groups in total. The molecule has 3 aromatic carbocycles. The minimum atomic E-state index is -0.432. The van der Waals surface area contributed by atoms with Crippen molar-refractivity contribution in [2.45, 2.75) is 58.2 Å². The highest BCUT2D eigenvalue weighted by Crippen LogP contribution is 2.59. The number of hydrogen-bond acceptors (Lipinski definition) is 7. The normalized spacial score (nSPS) is 25.7. The molecule has 0 saturated heterocycles. The molecule has 2 saturated carbocycles. The molecule has 212 valence electrons. The molecule has 0 heterocycles. The average Bonchev–Trinajstić information content (AvgIpc) is 3.26. The molecule has 41 heavy (non-hydrogen) atoms. The topological polar surface area (TPSA) is 100 Å². The van der Waals surface area contributed by atoms with Gasteiger partial charge in [-0.1, -0.05) is 30.3 Å². The van der Waals surface area contributed by atoms with Crippen molar-refractivity contribution in [1.29, 1.82) is 0 Å². The first-order valence-corrected chi connectivity index (χ1v) is 14.2. The quantitative estimate of drug-likeness (QED) is 0.224. The molecular formula is C33H34N2O6. The summed E-state index contributed by atoms with van der Waals surface area (Å²) in [5, 5.41) is 15.2. The van der Waals surface area contributed by atoms with Crippen molar-refractivity contribution in [2.75, 3.05) is 7.11 Å². The standard InChI is InChI=1S/C33H34N2O6/c1-33-16-15-28-27-14-12-26(40-19-21-5-10-25(39-2)11-6-21)17-23(27)7-13-29(28)30(33)18-31(32(33)36)34-41-20-22-3-8-24(9-4-22)35(37)38/h3-6,8-12,14,17,28-30H,7,13,15-16,18-20H2,1-2H3/b34-31+/t28-,29-,30+,33-/m1/s1. The van der Waals surface area contributed by atoms with Crippen molar-refractivity contribution in [3.05, 3.63) is 99.1 Å². The van der Waals surface area contributed by atoms with Crippen LogP contribution in [0.4, 0.5) is 5.69 Å². The van der Waals surface area contributed by atoms with Crippen molar-refractivity contribution in [2.24, 2.45) is 22.4 Å². The predicted octanol–water partition coefficient (Wildman–Crippen LogP) is 6.79. The van der Waals surface area contributed by atoms with Crippen LogP contribution in [0.3, 0.4) is 0 Å². The van der Waals surface area contributed by atoms with Gasteiger partial charge < -0.3 is 14.3 Å². The Hall–Kier alpha value is -4.20. The SMILES string of the molecule is COc1ccc(COc2ccc3c(c2)CC[C@@H]2[C@@H]3CC[C@@]3(C)C(=O)/C(=N/OCc4ccc([N+](=O)[O-])cc4)C[C@@H]23)cc1. The van der Waals surface area contributed by atoms with Crippen LogP contribution in [-0.2, 0) is 29.3 Å². The molecule has 6 rings (SSSR count). The summed E-state index contributed by atoms with van der Waals surface area (Å²) in [4.78, 5) is 29.5. The number of nitro benzene ring substituents is 1. The van der Waals surface area contributed by atoms with Crippen LogP contribution < -0.4 is 9.47 Å². The number of aryl methyl sites for hydroxylation is 1. The zero-order valence-corrected chi connectivity index (χ0v) is 23.4. The van der Waals surface area contributed by atoms with E-state index < -0.39 is 10.3 Å². The molecule has 0 spiro atoms. The maximum absolute atomic E-state index is 13.5. The number of nitrogens with zero attached hydrogens (tertiary/aromatic N) is 2. The Labute approximate surface area is 239 Å². The van der Waals surface area contributed by atoms with E-state index in [-0.39, 0.29) is 24.0 Å². The molecule has 0 unspecified atom stereocenters. The molecule has 3 aliphatic carbocycles. The lowest BCUT2D eigenvalue weighted by atomic mass is 9.55. The highest BCUT2D eigenvalue weighted by Gasteiger charge is 2.57. The minimum Gasteiger partial charge on any atom is -0.497 e. The number of benzene rings is 3. The smallest absolute Gasteiger partial charge is 0.269 e. The predicted molar refractivity (Wildman–Crippen MR) is 154 cm³/mol. The van der Waals surface area contributed by atoms with Crippen molar-refractivity contribution in [1.82, 2.24) is 0 Å². The largest absolute Gasteiger partial charge is 0.497 e. The van der Waals surface area contributed by atoms with Gasteiger partial charge in [-0.15, -0.1) is 0 Å². The van der Waals surface area contributed by atoms with Crippen LogP contribution in [0.5, 0.6) is 11.5 Å². The molecule has 0 aromatic heterocycles. The summed E-state index contributed by atoms with van der Waals surface area (Å²) >= 11 is 0. The number of nitro groups is 1. The summed E-state index contributed by atoms with van der Waals surface area (Å²) < 4.78 is 11.4. The summed E-state index contributed by atoms with van der Waals surface area (Å²) in [6.45, 7) is 2.78. The number of ketones is 1. The average molecular weight is 555 g/mol. The van der Waals surface area contributed by atoms with Crippen LogP contribution in [0, 0.1) is 27.4 Å². The van der Waals surface area contributed by atoms with E-state index in [1.165, 1.54) is 23.3 Å². The van der Waals surface area contributed by atoms with Gasteiger partial charge in [0, 0.05) is 24.0 Å². The second kappa shape index (κ2) is 11.0. The first kappa shape index (κ1) is 27.0. The van der Waals surface area contributed by atoms with E-state index >= 15 is 0 Å². The molecule has 0 amide bonds. The number of ether oxygens (including phenoxy) is 2. The van der Waals surface area contributed by atoms with Gasteiger partial charge in [0.1, 0.15) is 30.4 Å². The fraction of sp³-hybridized carbons (Fsp3) is 0.394. The maximum Gasteiger partial charge on any atom is 0.269 e. The number of hydrogen-bond donors (Lipinski definition) is 0. The molecule has 3 aliphatic rings. The number of non-ortho nitro benzene ring substituents is 1. The summed E-state index contributed by atoms with van der Waals surface area (Å²) in [6.07, 6.45) is 4.48. The highest BCUT2D eigenvalue weighted by atomic mass is 16.6. The monoisotopic (exact) mass is 554 g/mol. The highest BCUT2D eigenvalue weighted by molar-refractivity contribution is 6.43. The second-order valence-electron chi connectivity index (χ2n) is 11.6. The Balaban J connectivity index is 1.11. The van der Waals surface area contributed by atoms with E-state index in [0.717, 1.165) is 48.3 Å². The third kappa shape index (κ3) is 5.19. The summed E-state index contributed by atoms with van der Waals surface area (Å²) in [5.41, 5.74) is 4.76. The Morgan fingerprint density at radius 1 is 0.976 bits per heavy atom. The van der Waals surface area contributed by atoms with E-state index in [1.54, 1.807) is 19.2 Å². The van der Waals surface area contributed by atoms with Crippen molar-refractivity contribution >= 4 is 17.2 Å². The second-order valence-corrected chi connectivity index (χ2v) is 11.6. The van der Waals surface area contributed by atoms with Gasteiger partial charge in [0.25, 0.3) is 5.69 Å². The first-order chi connectivity index (χ1) is 19.9. The van der Waals surface area contributed by atoms with Crippen LogP contribution in [0.15, 0.2) is 71.9 Å². The Morgan fingerprint density at radius 2 is 1.68 bits per heavy atom. The number of methoxy groups -OCH3 is 1. The number of Topliss-reactive ketones (excluding diaryl/α,β-unsaturated/α-hetero) is 1. The van der Waals surface area contributed by atoms with E-state index in [0.29, 0.717) is 30.6 Å². The molecule has 8 nitrogen and oxygen atoms in total. The molecule has 0 bridgehead atoms. The molecule has 4 atom stereocenters. The summed E-state index contributed by atoms with van der Waals surface area (Å²) in [6, 6.07) is 20.6. The van der Waals surface area contributed by atoms with Crippen LogP contribution in [0.2, 0.25) is 0 Å². The minimum absolute atomic E-state index is 0.0314. The number of carbonyl (C=O) groups is 1. The molecule has 3 aromatic rings. The zero-order chi connectivity index (χ0) is 28.6.